The second kappa shape index (κ2) is 9.03. The summed E-state index contributed by atoms with van der Waals surface area (Å²) in [4.78, 5) is 35.8. The summed E-state index contributed by atoms with van der Waals surface area (Å²) in [6, 6.07) is 17.0. The molecule has 1 amide bonds. The number of carboxylic acids is 1. The number of rotatable bonds is 7. The van der Waals surface area contributed by atoms with E-state index in [0.717, 1.165) is 5.56 Å². The molecular weight excluding hydrogens is 338 g/mol. The van der Waals surface area contributed by atoms with Crippen LogP contribution < -0.4 is 5.32 Å². The van der Waals surface area contributed by atoms with E-state index in [2.05, 4.69) is 5.32 Å². The van der Waals surface area contributed by atoms with Gasteiger partial charge in [-0.2, -0.15) is 0 Å². The minimum absolute atomic E-state index is 0.171. The van der Waals surface area contributed by atoms with E-state index in [0.29, 0.717) is 17.3 Å². The van der Waals surface area contributed by atoms with Gasteiger partial charge >= 0.3 is 5.97 Å². The van der Waals surface area contributed by atoms with Crippen LogP contribution in [0.2, 0.25) is 0 Å². The summed E-state index contributed by atoms with van der Waals surface area (Å²) in [5.74, 6) is -1.37. The lowest BCUT2D eigenvalue weighted by Crippen LogP contribution is -2.38. The molecule has 25 heavy (non-hydrogen) atoms. The van der Waals surface area contributed by atoms with Crippen molar-refractivity contribution in [3.63, 3.8) is 0 Å². The fourth-order valence-electron chi connectivity index (χ4n) is 2.24. The Morgan fingerprint density at radius 3 is 2.12 bits per heavy atom. The van der Waals surface area contributed by atoms with Gasteiger partial charge in [-0.15, -0.1) is 0 Å². The van der Waals surface area contributed by atoms with Gasteiger partial charge in [-0.3, -0.25) is 14.4 Å². The average molecular weight is 357 g/mol. The molecule has 2 N–H and O–H groups in total. The van der Waals surface area contributed by atoms with E-state index >= 15 is 0 Å². The van der Waals surface area contributed by atoms with Crippen LogP contribution in [-0.4, -0.2) is 28.1 Å². The minimum Gasteiger partial charge on any atom is -0.480 e. The van der Waals surface area contributed by atoms with Crippen molar-refractivity contribution < 1.29 is 19.5 Å². The van der Waals surface area contributed by atoms with Crippen LogP contribution in [0, 0.1) is 0 Å². The number of nitrogens with one attached hydrogen (secondary N) is 1. The molecule has 2 aromatic rings. The van der Waals surface area contributed by atoms with Crippen molar-refractivity contribution in [2.75, 3.05) is 0 Å². The molecule has 6 heteroatoms. The fourth-order valence-corrected chi connectivity index (χ4v) is 3.13. The third-order valence-corrected chi connectivity index (χ3v) is 4.79. The second-order valence-corrected chi connectivity index (χ2v) is 6.63. The molecule has 5 nitrogen and oxygen atoms in total. The van der Waals surface area contributed by atoms with E-state index in [-0.39, 0.29) is 12.3 Å². The van der Waals surface area contributed by atoms with Gasteiger partial charge in [0, 0.05) is 0 Å². The van der Waals surface area contributed by atoms with Gasteiger partial charge in [0.1, 0.15) is 5.25 Å². The first-order valence-corrected chi connectivity index (χ1v) is 8.67. The summed E-state index contributed by atoms with van der Waals surface area (Å²) >= 11 is 0.709. The van der Waals surface area contributed by atoms with Crippen LogP contribution in [0.3, 0.4) is 0 Å². The Balaban J connectivity index is 1.94. The lowest BCUT2D eigenvalue weighted by molar-refractivity contribution is -0.136. The van der Waals surface area contributed by atoms with Gasteiger partial charge in [-0.05, 0) is 18.1 Å². The third-order valence-electron chi connectivity index (χ3n) is 3.50. The predicted octanol–water partition coefficient (Wildman–Crippen LogP) is 2.82. The van der Waals surface area contributed by atoms with Crippen LogP contribution in [0.15, 0.2) is 60.7 Å². The van der Waals surface area contributed by atoms with E-state index in [1.165, 1.54) is 0 Å². The van der Waals surface area contributed by atoms with E-state index in [1.807, 2.05) is 30.3 Å². The maximum absolute atomic E-state index is 12.3. The number of carboxylic acid groups (broad SMARTS) is 1. The van der Waals surface area contributed by atoms with Crippen molar-refractivity contribution in [1.82, 2.24) is 5.32 Å². The Bertz CT molecular complexity index is 734. The van der Waals surface area contributed by atoms with Gasteiger partial charge in [-0.25, -0.2) is 0 Å². The predicted molar refractivity (Wildman–Crippen MR) is 97.2 cm³/mol. The molecule has 2 atom stereocenters. The van der Waals surface area contributed by atoms with Crippen LogP contribution >= 0.6 is 11.8 Å². The van der Waals surface area contributed by atoms with E-state index in [9.17, 15) is 19.5 Å². The highest BCUT2D eigenvalue weighted by molar-refractivity contribution is 8.14. The largest absolute Gasteiger partial charge is 0.480 e. The Kier molecular flexibility index (Phi) is 6.77. The van der Waals surface area contributed by atoms with Crippen LogP contribution in [0.4, 0.5) is 0 Å². The molecule has 0 radical (unpaired) electrons. The highest BCUT2D eigenvalue weighted by Crippen LogP contribution is 2.30. The zero-order valence-electron chi connectivity index (χ0n) is 13.7. The SMILES string of the molecule is C[C@H](NC(=O)Cc1ccccc1)C(=O)SC(C(=O)O)c1ccccc1. The summed E-state index contributed by atoms with van der Waals surface area (Å²) in [5, 5.41) is 10.6. The highest BCUT2D eigenvalue weighted by Gasteiger charge is 2.27. The monoisotopic (exact) mass is 357 g/mol. The van der Waals surface area contributed by atoms with E-state index < -0.39 is 22.4 Å². The number of hydrogen-bond acceptors (Lipinski definition) is 4. The Labute approximate surface area is 150 Å². The molecule has 0 saturated carbocycles. The molecule has 0 aromatic heterocycles. The van der Waals surface area contributed by atoms with Crippen LogP contribution in [-0.2, 0) is 20.8 Å². The number of carbonyl (C=O) groups excluding carboxylic acids is 2. The number of aliphatic carboxylic acids is 1. The van der Waals surface area contributed by atoms with Gasteiger partial charge in [0.05, 0.1) is 12.5 Å². The molecule has 130 valence electrons. The van der Waals surface area contributed by atoms with E-state index in [1.54, 1.807) is 37.3 Å². The first-order valence-electron chi connectivity index (χ1n) is 7.79. The zero-order valence-corrected chi connectivity index (χ0v) is 14.5. The van der Waals surface area contributed by atoms with Crippen molar-refractivity contribution in [2.24, 2.45) is 0 Å². The van der Waals surface area contributed by atoms with Crippen molar-refractivity contribution in [2.45, 2.75) is 24.6 Å². The number of carbonyl (C=O) groups is 3. The van der Waals surface area contributed by atoms with Crippen LogP contribution in [0.1, 0.15) is 23.3 Å². The van der Waals surface area contributed by atoms with Crippen molar-refractivity contribution in [1.29, 1.82) is 0 Å². The molecule has 1 unspecified atom stereocenters. The lowest BCUT2D eigenvalue weighted by Gasteiger charge is -2.16. The molecule has 2 rings (SSSR count). The maximum Gasteiger partial charge on any atom is 0.321 e. The lowest BCUT2D eigenvalue weighted by atomic mass is 10.1. The first-order chi connectivity index (χ1) is 12.0. The number of benzene rings is 2. The van der Waals surface area contributed by atoms with Crippen LogP contribution in [0.25, 0.3) is 0 Å². The Morgan fingerprint density at radius 1 is 1.00 bits per heavy atom. The molecular formula is C19H19NO4S. The molecule has 2 aromatic carbocycles. The summed E-state index contributed by atoms with van der Waals surface area (Å²) in [5.41, 5.74) is 1.39. The molecule has 0 spiro atoms. The van der Waals surface area contributed by atoms with Crippen molar-refractivity contribution >= 4 is 28.8 Å². The molecule has 0 saturated heterocycles. The third kappa shape index (κ3) is 5.76. The Morgan fingerprint density at radius 2 is 1.56 bits per heavy atom. The maximum atomic E-state index is 12.3. The summed E-state index contributed by atoms with van der Waals surface area (Å²) in [6.07, 6.45) is 0.171. The normalized spacial score (nSPS) is 12.8. The van der Waals surface area contributed by atoms with Gasteiger partial charge in [0.2, 0.25) is 11.0 Å². The standard InChI is InChI=1S/C19H19NO4S/c1-13(20-16(21)12-14-8-4-2-5-9-14)19(24)25-17(18(22)23)15-10-6-3-7-11-15/h2-11,13,17H,12H2,1H3,(H,20,21)(H,22,23)/t13-,17?/m0/s1. The molecule has 0 bridgehead atoms. The fraction of sp³-hybridized carbons (Fsp3) is 0.211. The Hall–Kier alpha value is -2.60. The molecule has 0 heterocycles. The van der Waals surface area contributed by atoms with Gasteiger partial charge in [0.25, 0.3) is 0 Å². The minimum atomic E-state index is -1.09. The first kappa shape index (κ1) is 18.7. The topological polar surface area (TPSA) is 83.5 Å². The van der Waals surface area contributed by atoms with Crippen LogP contribution in [0.5, 0.6) is 0 Å². The molecule has 0 aliphatic heterocycles. The van der Waals surface area contributed by atoms with Gasteiger partial charge in [-0.1, -0.05) is 72.4 Å². The zero-order chi connectivity index (χ0) is 18.2. The second-order valence-electron chi connectivity index (χ2n) is 5.52. The molecule has 0 aliphatic rings. The smallest absolute Gasteiger partial charge is 0.321 e. The van der Waals surface area contributed by atoms with Gasteiger partial charge in [0.15, 0.2) is 0 Å². The number of amides is 1. The van der Waals surface area contributed by atoms with E-state index in [4.69, 9.17) is 0 Å². The summed E-state index contributed by atoms with van der Waals surface area (Å²) in [7, 11) is 0. The quantitative estimate of drug-likeness (QED) is 0.796. The molecule has 0 aliphatic carbocycles. The highest BCUT2D eigenvalue weighted by atomic mass is 32.2. The average Bonchev–Trinajstić information content (AvgIpc) is 2.60. The summed E-state index contributed by atoms with van der Waals surface area (Å²) < 4.78 is 0. The summed E-state index contributed by atoms with van der Waals surface area (Å²) in [6.45, 7) is 1.56. The number of hydrogen-bond donors (Lipinski definition) is 2. The van der Waals surface area contributed by atoms with Crippen molar-refractivity contribution in [3.8, 4) is 0 Å². The van der Waals surface area contributed by atoms with Crippen molar-refractivity contribution in [3.05, 3.63) is 71.8 Å². The van der Waals surface area contributed by atoms with Gasteiger partial charge < -0.3 is 10.4 Å². The molecule has 0 fully saturated rings. The number of thioether (sulfide) groups is 1.